The Balaban J connectivity index is 0.000000172. The van der Waals surface area contributed by atoms with Crippen molar-refractivity contribution in [2.75, 3.05) is 11.9 Å². The summed E-state index contributed by atoms with van der Waals surface area (Å²) in [6.07, 6.45) is 3.10. The van der Waals surface area contributed by atoms with Gasteiger partial charge in [-0.15, -0.1) is 0 Å². The van der Waals surface area contributed by atoms with Crippen molar-refractivity contribution in [3.05, 3.63) is 143 Å². The number of nitrogens with zero attached hydrogens (tertiary/aromatic N) is 3. The lowest BCUT2D eigenvalue weighted by molar-refractivity contribution is 0.0935. The highest BCUT2D eigenvalue weighted by Gasteiger charge is 2.19. The summed E-state index contributed by atoms with van der Waals surface area (Å²) in [5, 5.41) is 9.62. The van der Waals surface area contributed by atoms with Gasteiger partial charge in [-0.3, -0.25) is 9.59 Å². The van der Waals surface area contributed by atoms with Crippen LogP contribution in [0.3, 0.4) is 0 Å². The summed E-state index contributed by atoms with van der Waals surface area (Å²) in [7, 11) is 0. The van der Waals surface area contributed by atoms with Crippen LogP contribution in [0.15, 0.2) is 131 Å². The number of anilines is 1. The molecule has 3 aromatic heterocycles. The maximum atomic E-state index is 12.8. The number of rotatable bonds is 5. The van der Waals surface area contributed by atoms with Gasteiger partial charge in [0.1, 0.15) is 5.52 Å². The van der Waals surface area contributed by atoms with Gasteiger partial charge in [0.25, 0.3) is 11.8 Å². The Labute approximate surface area is 276 Å². The van der Waals surface area contributed by atoms with Crippen LogP contribution in [0.4, 0.5) is 5.69 Å². The lowest BCUT2D eigenvalue weighted by atomic mass is 9.97. The van der Waals surface area contributed by atoms with Crippen LogP contribution in [0.25, 0.3) is 44.0 Å². The topological polar surface area (TPSA) is 127 Å². The third-order valence-electron chi connectivity index (χ3n) is 7.50. The highest BCUT2D eigenvalue weighted by atomic mass is 16.4. The van der Waals surface area contributed by atoms with Crippen molar-refractivity contribution in [1.29, 1.82) is 0 Å². The molecule has 7 rings (SSSR count). The van der Waals surface area contributed by atoms with Crippen LogP contribution in [-0.2, 0) is 0 Å². The molecule has 0 aliphatic carbocycles. The van der Waals surface area contributed by atoms with Gasteiger partial charge in [0, 0.05) is 30.1 Å². The lowest BCUT2D eigenvalue weighted by Gasteiger charge is -2.19. The maximum Gasteiger partial charge on any atom is 0.365 e. The van der Waals surface area contributed by atoms with Crippen LogP contribution in [0.5, 0.6) is 0 Å². The quantitative estimate of drug-likeness (QED) is 0.199. The van der Waals surface area contributed by atoms with Crippen molar-refractivity contribution in [3.63, 3.8) is 0 Å². The molecule has 9 heteroatoms. The summed E-state index contributed by atoms with van der Waals surface area (Å²) in [6, 6.07) is 33.9. The zero-order valence-corrected chi connectivity index (χ0v) is 26.7. The van der Waals surface area contributed by atoms with Crippen molar-refractivity contribution in [3.8, 4) is 11.5 Å². The molecule has 0 aliphatic heterocycles. The number of benzene rings is 4. The first-order chi connectivity index (χ1) is 23.2. The largest absolute Gasteiger partial charge is 0.402 e. The average molecular weight is 636 g/mol. The van der Waals surface area contributed by atoms with Crippen LogP contribution in [0.2, 0.25) is 0 Å². The molecule has 0 unspecified atom stereocenters. The third-order valence-corrected chi connectivity index (χ3v) is 7.50. The van der Waals surface area contributed by atoms with Gasteiger partial charge in [0.05, 0.1) is 5.69 Å². The number of carbonyl (C=O) groups is 2. The lowest BCUT2D eigenvalue weighted by Crippen LogP contribution is -2.33. The summed E-state index contributed by atoms with van der Waals surface area (Å²) in [5.74, 6) is -0.263. The Hall–Kier alpha value is -6.22. The van der Waals surface area contributed by atoms with Gasteiger partial charge in [0.15, 0.2) is 11.2 Å². The van der Waals surface area contributed by atoms with E-state index in [0.29, 0.717) is 29.2 Å². The monoisotopic (exact) mass is 635 g/mol. The van der Waals surface area contributed by atoms with Crippen LogP contribution < -0.4 is 16.3 Å². The summed E-state index contributed by atoms with van der Waals surface area (Å²) >= 11 is 0. The van der Waals surface area contributed by atoms with E-state index in [1.807, 2.05) is 99.6 Å². The zero-order valence-electron chi connectivity index (χ0n) is 26.7. The normalized spacial score (nSPS) is 11.1. The molecule has 0 aliphatic rings. The predicted octanol–water partition coefficient (Wildman–Crippen LogP) is 7.67. The van der Waals surface area contributed by atoms with E-state index in [1.54, 1.807) is 42.7 Å². The molecule has 2 amide bonds. The number of pyridine rings is 2. The molecule has 3 heterocycles. The highest BCUT2D eigenvalue weighted by molar-refractivity contribution is 6.14. The van der Waals surface area contributed by atoms with Gasteiger partial charge in [-0.05, 0) is 63.4 Å². The minimum absolute atomic E-state index is 0.0448. The molecule has 0 radical (unpaired) electrons. The fourth-order valence-electron chi connectivity index (χ4n) is 5.17. The molecular weight excluding hydrogens is 602 g/mol. The minimum atomic E-state index is -0.469. The van der Waals surface area contributed by atoms with Crippen molar-refractivity contribution in [2.24, 2.45) is 5.41 Å². The molecule has 7 aromatic rings. The first kappa shape index (κ1) is 31.7. The number of amides is 2. The second-order valence-corrected chi connectivity index (χ2v) is 12.3. The highest BCUT2D eigenvalue weighted by Crippen LogP contribution is 2.27. The number of carbonyl (C=O) groups excluding carboxylic acids is 2. The van der Waals surface area contributed by atoms with E-state index in [9.17, 15) is 14.4 Å². The van der Waals surface area contributed by atoms with Crippen LogP contribution in [0.1, 0.15) is 41.6 Å². The number of aromatic nitrogens is 3. The zero-order chi connectivity index (χ0) is 33.7. The van der Waals surface area contributed by atoms with Gasteiger partial charge in [-0.1, -0.05) is 93.6 Å². The van der Waals surface area contributed by atoms with Gasteiger partial charge in [-0.2, -0.15) is 0 Å². The molecule has 0 spiro atoms. The average Bonchev–Trinajstić information content (AvgIpc) is 3.10. The van der Waals surface area contributed by atoms with Gasteiger partial charge in [0.2, 0.25) is 5.89 Å². The fraction of sp³-hybridized carbons (Fsp3) is 0.128. The fourth-order valence-corrected chi connectivity index (χ4v) is 5.17. The van der Waals surface area contributed by atoms with Gasteiger partial charge in [-0.25, -0.2) is 19.7 Å². The molecule has 0 saturated carbocycles. The molecule has 4 aromatic carbocycles. The van der Waals surface area contributed by atoms with Gasteiger partial charge >= 0.3 is 5.63 Å². The summed E-state index contributed by atoms with van der Waals surface area (Å²) in [4.78, 5) is 50.0. The van der Waals surface area contributed by atoms with E-state index in [-0.39, 0.29) is 28.4 Å². The van der Waals surface area contributed by atoms with Gasteiger partial charge < -0.3 is 15.1 Å². The molecule has 48 heavy (non-hydrogen) atoms. The predicted molar refractivity (Wildman–Crippen MR) is 189 cm³/mol. The Kier molecular flexibility index (Phi) is 9.02. The van der Waals surface area contributed by atoms with Crippen molar-refractivity contribution >= 4 is 50.1 Å². The number of hydrogen-bond donors (Lipinski definition) is 2. The van der Waals surface area contributed by atoms with Crippen LogP contribution >= 0.6 is 0 Å². The van der Waals surface area contributed by atoms with Crippen LogP contribution in [0, 0.1) is 5.41 Å². The molecule has 0 fully saturated rings. The maximum absolute atomic E-state index is 12.8. The Morgan fingerprint density at radius 3 is 2.12 bits per heavy atom. The Bertz CT molecular complexity index is 2330. The molecule has 0 atom stereocenters. The molecule has 0 bridgehead atoms. The third kappa shape index (κ3) is 7.10. The molecule has 2 N–H and O–H groups in total. The van der Waals surface area contributed by atoms with Crippen LogP contribution in [-0.4, -0.2) is 33.3 Å². The van der Waals surface area contributed by atoms with Crippen molar-refractivity contribution in [1.82, 2.24) is 20.3 Å². The summed E-state index contributed by atoms with van der Waals surface area (Å²) in [6.45, 7) is 6.62. The standard InChI is InChI=1S/C22H23N3O2.C17H10N2O2/c1-22(2,3)14-24-21(27)19-18(12-7-13-23-19)25-20(26)17-11-6-9-15-8-4-5-10-16(15)17;20-17-15-14(9-4-10-18-15)19-16(21-17)13-8-3-6-11-5-1-2-7-12(11)13/h4-13H,14H2,1-3H3,(H,24,27)(H,25,26);1-10H. The molecular formula is C39H33N5O4. The Morgan fingerprint density at radius 1 is 0.708 bits per heavy atom. The first-order valence-corrected chi connectivity index (χ1v) is 15.4. The second-order valence-electron chi connectivity index (χ2n) is 12.3. The molecule has 0 saturated heterocycles. The van der Waals surface area contributed by atoms with E-state index < -0.39 is 5.63 Å². The molecule has 238 valence electrons. The summed E-state index contributed by atoms with van der Waals surface area (Å²) < 4.78 is 5.36. The van der Waals surface area contributed by atoms with E-state index in [1.165, 1.54) is 0 Å². The summed E-state index contributed by atoms with van der Waals surface area (Å²) in [5.41, 5.74) is 2.23. The van der Waals surface area contributed by atoms with E-state index in [4.69, 9.17) is 4.42 Å². The minimum Gasteiger partial charge on any atom is -0.402 e. The van der Waals surface area contributed by atoms with E-state index in [2.05, 4.69) is 25.6 Å². The van der Waals surface area contributed by atoms with Crippen molar-refractivity contribution < 1.29 is 14.0 Å². The van der Waals surface area contributed by atoms with E-state index >= 15 is 0 Å². The number of hydrogen-bond acceptors (Lipinski definition) is 7. The molecule has 9 nitrogen and oxygen atoms in total. The van der Waals surface area contributed by atoms with Crippen molar-refractivity contribution in [2.45, 2.75) is 20.8 Å². The van der Waals surface area contributed by atoms with E-state index in [0.717, 1.165) is 27.1 Å². The number of nitrogens with one attached hydrogen (secondary N) is 2. The Morgan fingerprint density at radius 2 is 1.35 bits per heavy atom. The first-order valence-electron chi connectivity index (χ1n) is 15.4. The second kappa shape index (κ2) is 13.6. The number of fused-ring (bicyclic) bond motifs is 3. The SMILES string of the molecule is CC(C)(C)CNC(=O)c1ncccc1NC(=O)c1cccc2ccccc12.O=c1oc(-c2cccc3ccccc23)nc2cccnc12. The smallest absolute Gasteiger partial charge is 0.365 e.